The number of ether oxygens (including phenoxy) is 1. The lowest BCUT2D eigenvalue weighted by molar-refractivity contribution is 0.0447. The number of nitrogens with zero attached hydrogens (tertiary/aromatic N) is 4. The molecular weight excluding hydrogens is 328 g/mol. The summed E-state index contributed by atoms with van der Waals surface area (Å²) in [4.78, 5) is 21.7. The average molecular weight is 340 g/mol. The van der Waals surface area contributed by atoms with Gasteiger partial charge in [0.05, 0.1) is 16.8 Å². The number of aromatic nitrogens is 4. The zero-order valence-electron chi connectivity index (χ0n) is 12.7. The summed E-state index contributed by atoms with van der Waals surface area (Å²) in [6, 6.07) is 5.58. The van der Waals surface area contributed by atoms with E-state index in [-0.39, 0.29) is 6.61 Å². The molecule has 0 fully saturated rings. The molecule has 4 rings (SSSR count). The first-order valence-corrected chi connectivity index (χ1v) is 8.06. The summed E-state index contributed by atoms with van der Waals surface area (Å²) in [6.45, 7) is 1.75. The lowest BCUT2D eigenvalue weighted by Crippen LogP contribution is -2.06. The maximum atomic E-state index is 12.4. The third kappa shape index (κ3) is 2.56. The molecule has 24 heavy (non-hydrogen) atoms. The van der Waals surface area contributed by atoms with Crippen LogP contribution in [0, 0.1) is 6.92 Å². The van der Waals surface area contributed by atoms with E-state index in [4.69, 9.17) is 9.15 Å². The zero-order chi connectivity index (χ0) is 16.5. The molecule has 120 valence electrons. The Bertz CT molecular complexity index is 1000. The second kappa shape index (κ2) is 5.89. The standard InChI is InChI=1S/C16H12N4O3S/c1-10-13(14-17-5-3-6-20(14)19-10)16(21)22-9-11-8-18-15(23-11)12-4-2-7-24-12/h2-8H,9H2,1H3. The first-order chi connectivity index (χ1) is 11.7. The van der Waals surface area contributed by atoms with Crippen LogP contribution in [0.1, 0.15) is 21.8 Å². The van der Waals surface area contributed by atoms with Gasteiger partial charge in [-0.3, -0.25) is 0 Å². The number of thiophene rings is 1. The summed E-state index contributed by atoms with van der Waals surface area (Å²) >= 11 is 1.53. The van der Waals surface area contributed by atoms with E-state index in [0.717, 1.165) is 4.88 Å². The molecule has 4 aromatic heterocycles. The predicted octanol–water partition coefficient (Wildman–Crippen LogP) is 3.11. The first kappa shape index (κ1) is 14.6. The summed E-state index contributed by atoms with van der Waals surface area (Å²) in [5.41, 5.74) is 1.39. The topological polar surface area (TPSA) is 82.5 Å². The quantitative estimate of drug-likeness (QED) is 0.531. The SMILES string of the molecule is Cc1nn2cccnc2c1C(=O)OCc1cnc(-c2cccs2)o1. The molecule has 0 radical (unpaired) electrons. The second-order valence-electron chi connectivity index (χ2n) is 5.03. The first-order valence-electron chi connectivity index (χ1n) is 7.18. The lowest BCUT2D eigenvalue weighted by atomic mass is 10.2. The van der Waals surface area contributed by atoms with Crippen LogP contribution in [0.5, 0.6) is 0 Å². The van der Waals surface area contributed by atoms with Crippen LogP contribution in [-0.4, -0.2) is 25.6 Å². The molecule has 0 aliphatic rings. The number of hydrogen-bond acceptors (Lipinski definition) is 7. The van der Waals surface area contributed by atoms with Crippen LogP contribution >= 0.6 is 11.3 Å². The van der Waals surface area contributed by atoms with E-state index in [2.05, 4.69) is 15.1 Å². The third-order valence-corrected chi connectivity index (χ3v) is 4.26. The van der Waals surface area contributed by atoms with Crippen molar-refractivity contribution in [3.05, 3.63) is 59.2 Å². The molecule has 0 amide bonds. The van der Waals surface area contributed by atoms with Crippen LogP contribution < -0.4 is 0 Å². The molecular formula is C16H12N4O3S. The number of esters is 1. The number of carbonyl (C=O) groups excluding carboxylic acids is 1. The number of rotatable bonds is 4. The van der Waals surface area contributed by atoms with Crippen molar-refractivity contribution in [2.45, 2.75) is 13.5 Å². The fraction of sp³-hybridized carbons (Fsp3) is 0.125. The third-order valence-electron chi connectivity index (χ3n) is 3.41. The smallest absolute Gasteiger partial charge is 0.344 e. The predicted molar refractivity (Wildman–Crippen MR) is 86.7 cm³/mol. The lowest BCUT2D eigenvalue weighted by Gasteiger charge is -2.01. The summed E-state index contributed by atoms with van der Waals surface area (Å²) in [7, 11) is 0. The van der Waals surface area contributed by atoms with E-state index in [1.54, 1.807) is 36.1 Å². The number of oxazole rings is 1. The van der Waals surface area contributed by atoms with Crippen LogP contribution in [0.4, 0.5) is 0 Å². The van der Waals surface area contributed by atoms with Gasteiger partial charge in [0, 0.05) is 12.4 Å². The highest BCUT2D eigenvalue weighted by Crippen LogP contribution is 2.24. The molecule has 4 heterocycles. The maximum Gasteiger partial charge on any atom is 0.344 e. The molecule has 0 spiro atoms. The van der Waals surface area contributed by atoms with E-state index in [9.17, 15) is 4.79 Å². The van der Waals surface area contributed by atoms with Crippen molar-refractivity contribution >= 4 is 23.0 Å². The molecule has 0 aromatic carbocycles. The summed E-state index contributed by atoms with van der Waals surface area (Å²) in [6.07, 6.45) is 4.90. The van der Waals surface area contributed by atoms with E-state index in [1.165, 1.54) is 11.3 Å². The Morgan fingerprint density at radius 2 is 2.29 bits per heavy atom. The van der Waals surface area contributed by atoms with Crippen LogP contribution in [0.15, 0.2) is 46.6 Å². The van der Waals surface area contributed by atoms with Gasteiger partial charge in [-0.1, -0.05) is 6.07 Å². The van der Waals surface area contributed by atoms with Crippen molar-refractivity contribution in [3.8, 4) is 10.8 Å². The Balaban J connectivity index is 1.51. The van der Waals surface area contributed by atoms with Gasteiger partial charge >= 0.3 is 5.97 Å². The Labute approximate surface area is 140 Å². The van der Waals surface area contributed by atoms with Gasteiger partial charge in [0.15, 0.2) is 18.0 Å². The molecule has 0 unspecified atom stereocenters. The number of aryl methyl sites for hydroxylation is 1. The molecule has 0 saturated carbocycles. The van der Waals surface area contributed by atoms with Crippen molar-refractivity contribution in [1.82, 2.24) is 19.6 Å². The van der Waals surface area contributed by atoms with Gasteiger partial charge in [-0.05, 0) is 24.4 Å². The van der Waals surface area contributed by atoms with Gasteiger partial charge in [-0.25, -0.2) is 19.3 Å². The molecule has 0 aliphatic heterocycles. The van der Waals surface area contributed by atoms with Crippen LogP contribution in [-0.2, 0) is 11.3 Å². The van der Waals surface area contributed by atoms with Crippen molar-refractivity contribution in [2.75, 3.05) is 0 Å². The van der Waals surface area contributed by atoms with Crippen molar-refractivity contribution < 1.29 is 13.9 Å². The summed E-state index contributed by atoms with van der Waals surface area (Å²) < 4.78 is 12.5. The van der Waals surface area contributed by atoms with E-state index >= 15 is 0 Å². The van der Waals surface area contributed by atoms with Gasteiger partial charge in [-0.15, -0.1) is 11.3 Å². The monoisotopic (exact) mass is 340 g/mol. The summed E-state index contributed by atoms with van der Waals surface area (Å²) in [5, 5.41) is 6.19. The number of hydrogen-bond donors (Lipinski definition) is 0. The highest BCUT2D eigenvalue weighted by molar-refractivity contribution is 7.13. The van der Waals surface area contributed by atoms with Crippen molar-refractivity contribution in [2.24, 2.45) is 0 Å². The minimum absolute atomic E-state index is 0.000816. The molecule has 0 bridgehead atoms. The Morgan fingerprint density at radius 3 is 3.12 bits per heavy atom. The van der Waals surface area contributed by atoms with Crippen molar-refractivity contribution in [3.63, 3.8) is 0 Å². The highest BCUT2D eigenvalue weighted by Gasteiger charge is 2.20. The Hall–Kier alpha value is -3.00. The van der Waals surface area contributed by atoms with Crippen LogP contribution in [0.3, 0.4) is 0 Å². The van der Waals surface area contributed by atoms with Crippen LogP contribution in [0.2, 0.25) is 0 Å². The van der Waals surface area contributed by atoms with E-state index in [1.807, 2.05) is 17.5 Å². The highest BCUT2D eigenvalue weighted by atomic mass is 32.1. The molecule has 8 heteroatoms. The molecule has 0 saturated heterocycles. The van der Waals surface area contributed by atoms with Gasteiger partial charge in [0.2, 0.25) is 5.89 Å². The van der Waals surface area contributed by atoms with Gasteiger partial charge in [0.25, 0.3) is 0 Å². The Kier molecular flexibility index (Phi) is 3.58. The largest absolute Gasteiger partial charge is 0.454 e. The molecule has 0 atom stereocenters. The molecule has 7 nitrogen and oxygen atoms in total. The zero-order valence-corrected chi connectivity index (χ0v) is 13.5. The van der Waals surface area contributed by atoms with E-state index in [0.29, 0.717) is 28.6 Å². The second-order valence-corrected chi connectivity index (χ2v) is 5.98. The van der Waals surface area contributed by atoms with E-state index < -0.39 is 5.97 Å². The van der Waals surface area contributed by atoms with Gasteiger partial charge < -0.3 is 9.15 Å². The minimum Gasteiger partial charge on any atom is -0.454 e. The Morgan fingerprint density at radius 1 is 1.38 bits per heavy atom. The number of fused-ring (bicyclic) bond motifs is 1. The average Bonchev–Trinajstić information content (AvgIpc) is 3.31. The molecule has 0 N–H and O–H groups in total. The fourth-order valence-electron chi connectivity index (χ4n) is 2.33. The fourth-order valence-corrected chi connectivity index (χ4v) is 2.99. The minimum atomic E-state index is -0.490. The molecule has 0 aliphatic carbocycles. The number of carbonyl (C=O) groups is 1. The normalized spacial score (nSPS) is 11.0. The molecule has 4 aromatic rings. The maximum absolute atomic E-state index is 12.4. The van der Waals surface area contributed by atoms with Crippen LogP contribution in [0.25, 0.3) is 16.4 Å². The van der Waals surface area contributed by atoms with Crippen molar-refractivity contribution in [1.29, 1.82) is 0 Å². The summed E-state index contributed by atoms with van der Waals surface area (Å²) in [5.74, 6) is 0.508. The van der Waals surface area contributed by atoms with Gasteiger partial charge in [-0.2, -0.15) is 5.10 Å². The van der Waals surface area contributed by atoms with Gasteiger partial charge in [0.1, 0.15) is 5.56 Å².